The highest BCUT2D eigenvalue weighted by atomic mass is 32.2. The molecule has 100 valence electrons. The first-order valence-electron chi connectivity index (χ1n) is 6.00. The zero-order valence-electron chi connectivity index (χ0n) is 11.0. The van der Waals surface area contributed by atoms with Crippen LogP contribution in [0.2, 0.25) is 0 Å². The number of nitrogens with zero attached hydrogens (tertiary/aromatic N) is 3. The average molecular weight is 276 g/mol. The molecule has 0 aliphatic rings. The van der Waals surface area contributed by atoms with Crippen LogP contribution in [0.1, 0.15) is 12.7 Å². The summed E-state index contributed by atoms with van der Waals surface area (Å²) in [5.41, 5.74) is 0. The van der Waals surface area contributed by atoms with Gasteiger partial charge in [0.05, 0.1) is 0 Å². The molecule has 0 spiro atoms. The van der Waals surface area contributed by atoms with Gasteiger partial charge in [-0.25, -0.2) is 9.97 Å². The molecule has 0 unspecified atom stereocenters. The third kappa shape index (κ3) is 4.18. The van der Waals surface area contributed by atoms with Crippen molar-refractivity contribution in [3.63, 3.8) is 0 Å². The molecule has 2 rings (SSSR count). The summed E-state index contributed by atoms with van der Waals surface area (Å²) in [6.07, 6.45) is 3.54. The maximum Gasteiger partial charge on any atom is 0.157 e. The maximum absolute atomic E-state index is 5.09. The maximum atomic E-state index is 5.09. The number of methoxy groups -OCH3 is 1. The molecule has 1 N–H and O–H groups in total. The quantitative estimate of drug-likeness (QED) is 0.818. The van der Waals surface area contributed by atoms with Crippen LogP contribution in [0, 0.1) is 0 Å². The van der Waals surface area contributed by atoms with Gasteiger partial charge in [0.1, 0.15) is 17.5 Å². The number of pyridine rings is 1. The van der Waals surface area contributed by atoms with E-state index in [-0.39, 0.29) is 0 Å². The van der Waals surface area contributed by atoms with Gasteiger partial charge in [-0.1, -0.05) is 11.8 Å². The Morgan fingerprint density at radius 3 is 2.74 bits per heavy atom. The van der Waals surface area contributed by atoms with Gasteiger partial charge >= 0.3 is 0 Å². The van der Waals surface area contributed by atoms with E-state index >= 15 is 0 Å². The number of aromatic nitrogens is 3. The number of nitrogens with one attached hydrogen (secondary N) is 1. The standard InChI is InChI=1S/C13H16N4OS/c1-3-15-11-8-13(17-12(16-11)9-18-2)19-10-4-6-14-7-5-10/h4-8H,3,9H2,1-2H3,(H,15,16,17). The van der Waals surface area contributed by atoms with Gasteiger partial charge in [0.25, 0.3) is 0 Å². The monoisotopic (exact) mass is 276 g/mol. The lowest BCUT2D eigenvalue weighted by Gasteiger charge is -2.08. The molecule has 0 aliphatic carbocycles. The Labute approximate surface area is 116 Å². The molecule has 0 saturated carbocycles. The molecule has 2 heterocycles. The minimum atomic E-state index is 0.406. The van der Waals surface area contributed by atoms with E-state index in [0.29, 0.717) is 12.4 Å². The van der Waals surface area contributed by atoms with Gasteiger partial charge < -0.3 is 10.1 Å². The van der Waals surface area contributed by atoms with E-state index in [9.17, 15) is 0 Å². The summed E-state index contributed by atoms with van der Waals surface area (Å²) in [7, 11) is 1.64. The summed E-state index contributed by atoms with van der Waals surface area (Å²) >= 11 is 1.58. The molecular weight excluding hydrogens is 260 g/mol. The first-order chi connectivity index (χ1) is 9.31. The van der Waals surface area contributed by atoms with Crippen LogP contribution in [0.25, 0.3) is 0 Å². The number of rotatable bonds is 6. The van der Waals surface area contributed by atoms with Crippen LogP contribution in [0.5, 0.6) is 0 Å². The lowest BCUT2D eigenvalue weighted by atomic mass is 10.5. The van der Waals surface area contributed by atoms with Crippen molar-refractivity contribution in [1.82, 2.24) is 15.0 Å². The highest BCUT2D eigenvalue weighted by molar-refractivity contribution is 7.99. The molecule has 0 aromatic carbocycles. The number of ether oxygens (including phenoxy) is 1. The van der Waals surface area contributed by atoms with Crippen LogP contribution in [-0.2, 0) is 11.3 Å². The van der Waals surface area contributed by atoms with Crippen LogP contribution < -0.4 is 5.32 Å². The van der Waals surface area contributed by atoms with E-state index in [1.165, 1.54) is 0 Å². The summed E-state index contributed by atoms with van der Waals surface area (Å²) in [6.45, 7) is 3.26. The second-order valence-electron chi connectivity index (χ2n) is 3.76. The number of hydrogen-bond donors (Lipinski definition) is 1. The lowest BCUT2D eigenvalue weighted by Crippen LogP contribution is -2.05. The molecule has 0 atom stereocenters. The zero-order chi connectivity index (χ0) is 13.5. The Morgan fingerprint density at radius 2 is 2.05 bits per heavy atom. The van der Waals surface area contributed by atoms with Crippen molar-refractivity contribution in [2.45, 2.75) is 23.5 Å². The minimum Gasteiger partial charge on any atom is -0.377 e. The SMILES string of the molecule is CCNc1cc(Sc2ccncc2)nc(COC)n1. The molecule has 0 fully saturated rings. The number of hydrogen-bond acceptors (Lipinski definition) is 6. The first kappa shape index (κ1) is 13.8. The molecule has 5 nitrogen and oxygen atoms in total. The molecule has 2 aromatic rings. The zero-order valence-corrected chi connectivity index (χ0v) is 11.8. The van der Waals surface area contributed by atoms with Crippen LogP contribution in [-0.4, -0.2) is 28.6 Å². The van der Waals surface area contributed by atoms with Crippen molar-refractivity contribution in [2.24, 2.45) is 0 Å². The molecule has 2 aromatic heterocycles. The molecular formula is C13H16N4OS. The molecule has 19 heavy (non-hydrogen) atoms. The summed E-state index contributed by atoms with van der Waals surface area (Å²) in [4.78, 5) is 13.9. The normalized spacial score (nSPS) is 10.4. The average Bonchev–Trinajstić information content (AvgIpc) is 2.40. The highest BCUT2D eigenvalue weighted by Gasteiger charge is 2.06. The van der Waals surface area contributed by atoms with Crippen LogP contribution in [0.3, 0.4) is 0 Å². The predicted molar refractivity (Wildman–Crippen MR) is 75.3 cm³/mol. The summed E-state index contributed by atoms with van der Waals surface area (Å²) in [5, 5.41) is 4.09. The fourth-order valence-corrected chi connectivity index (χ4v) is 2.34. The van der Waals surface area contributed by atoms with E-state index in [4.69, 9.17) is 4.74 Å². The van der Waals surface area contributed by atoms with Crippen LogP contribution >= 0.6 is 11.8 Å². The van der Waals surface area contributed by atoms with Crippen molar-refractivity contribution in [3.05, 3.63) is 36.4 Å². The van der Waals surface area contributed by atoms with Gasteiger partial charge in [-0.15, -0.1) is 0 Å². The van der Waals surface area contributed by atoms with Crippen molar-refractivity contribution >= 4 is 17.6 Å². The predicted octanol–water partition coefficient (Wildman–Crippen LogP) is 2.60. The summed E-state index contributed by atoms with van der Waals surface area (Å²) in [5.74, 6) is 1.50. The van der Waals surface area contributed by atoms with Crippen molar-refractivity contribution in [3.8, 4) is 0 Å². The molecule has 0 bridgehead atoms. The van der Waals surface area contributed by atoms with E-state index in [1.807, 2.05) is 25.1 Å². The largest absolute Gasteiger partial charge is 0.377 e. The summed E-state index contributed by atoms with van der Waals surface area (Å²) in [6, 6.07) is 5.85. The lowest BCUT2D eigenvalue weighted by molar-refractivity contribution is 0.177. The Morgan fingerprint density at radius 1 is 1.26 bits per heavy atom. The Kier molecular flexibility index (Phi) is 5.11. The molecule has 0 aliphatic heterocycles. The second-order valence-corrected chi connectivity index (χ2v) is 4.85. The highest BCUT2D eigenvalue weighted by Crippen LogP contribution is 2.26. The first-order valence-corrected chi connectivity index (χ1v) is 6.82. The smallest absolute Gasteiger partial charge is 0.157 e. The Balaban J connectivity index is 2.23. The molecule has 0 saturated heterocycles. The topological polar surface area (TPSA) is 59.9 Å². The van der Waals surface area contributed by atoms with Crippen molar-refractivity contribution < 1.29 is 4.74 Å². The van der Waals surface area contributed by atoms with E-state index in [2.05, 4.69) is 20.3 Å². The van der Waals surface area contributed by atoms with Gasteiger partial charge in [-0.05, 0) is 19.1 Å². The van der Waals surface area contributed by atoms with E-state index < -0.39 is 0 Å². The Hall–Kier alpha value is -1.66. The van der Waals surface area contributed by atoms with Crippen LogP contribution in [0.15, 0.2) is 40.5 Å². The number of anilines is 1. The molecule has 0 amide bonds. The van der Waals surface area contributed by atoms with Crippen molar-refractivity contribution in [2.75, 3.05) is 19.0 Å². The minimum absolute atomic E-state index is 0.406. The van der Waals surface area contributed by atoms with Gasteiger partial charge in [0.15, 0.2) is 5.82 Å². The second kappa shape index (κ2) is 7.06. The summed E-state index contributed by atoms with van der Waals surface area (Å²) < 4.78 is 5.09. The van der Waals surface area contributed by atoms with Gasteiger partial charge in [0, 0.05) is 37.0 Å². The van der Waals surface area contributed by atoms with Crippen molar-refractivity contribution in [1.29, 1.82) is 0 Å². The van der Waals surface area contributed by atoms with Gasteiger partial charge in [-0.3, -0.25) is 4.98 Å². The molecule has 6 heteroatoms. The fourth-order valence-electron chi connectivity index (χ4n) is 1.52. The van der Waals surface area contributed by atoms with Gasteiger partial charge in [0.2, 0.25) is 0 Å². The third-order valence-corrected chi connectivity index (χ3v) is 3.18. The third-order valence-electron chi connectivity index (χ3n) is 2.25. The van der Waals surface area contributed by atoms with E-state index in [0.717, 1.165) is 22.3 Å². The van der Waals surface area contributed by atoms with Gasteiger partial charge in [-0.2, -0.15) is 0 Å². The fraction of sp³-hybridized carbons (Fsp3) is 0.308. The molecule has 0 radical (unpaired) electrons. The Bertz CT molecular complexity index is 497. The van der Waals surface area contributed by atoms with Crippen LogP contribution in [0.4, 0.5) is 5.82 Å². The van der Waals surface area contributed by atoms with E-state index in [1.54, 1.807) is 31.3 Å².